The SMILES string of the molecule is COc1ccc(-n2c(C)cc(C(=O)Nc3ccc(Cl)c(C(=O)N(C)C)c3)c2C)cc1. The van der Waals surface area contributed by atoms with E-state index in [9.17, 15) is 9.59 Å². The van der Waals surface area contributed by atoms with Crippen molar-refractivity contribution in [2.75, 3.05) is 26.5 Å². The Morgan fingerprint density at radius 1 is 1.00 bits per heavy atom. The van der Waals surface area contributed by atoms with Crippen LogP contribution >= 0.6 is 11.6 Å². The number of aromatic nitrogens is 1. The van der Waals surface area contributed by atoms with Crippen molar-refractivity contribution in [3.63, 3.8) is 0 Å². The minimum Gasteiger partial charge on any atom is -0.497 e. The van der Waals surface area contributed by atoms with Crippen molar-refractivity contribution < 1.29 is 14.3 Å². The number of aryl methyl sites for hydroxylation is 1. The number of benzene rings is 2. The van der Waals surface area contributed by atoms with Gasteiger partial charge >= 0.3 is 0 Å². The van der Waals surface area contributed by atoms with Gasteiger partial charge in [-0.15, -0.1) is 0 Å². The molecule has 30 heavy (non-hydrogen) atoms. The number of nitrogens with zero attached hydrogens (tertiary/aromatic N) is 2. The Labute approximate surface area is 181 Å². The minimum atomic E-state index is -0.256. The molecule has 1 heterocycles. The molecule has 2 amide bonds. The monoisotopic (exact) mass is 425 g/mol. The van der Waals surface area contributed by atoms with Gasteiger partial charge in [-0.3, -0.25) is 9.59 Å². The Balaban J connectivity index is 1.90. The molecule has 0 bridgehead atoms. The first-order chi connectivity index (χ1) is 14.2. The summed E-state index contributed by atoms with van der Waals surface area (Å²) in [5, 5.41) is 3.21. The van der Waals surface area contributed by atoms with Crippen LogP contribution in [0, 0.1) is 13.8 Å². The van der Waals surface area contributed by atoms with Crippen LogP contribution in [0.2, 0.25) is 5.02 Å². The molecule has 6 nitrogen and oxygen atoms in total. The quantitative estimate of drug-likeness (QED) is 0.643. The highest BCUT2D eigenvalue weighted by Crippen LogP contribution is 2.25. The maximum Gasteiger partial charge on any atom is 0.257 e. The molecular formula is C23H24ClN3O3. The van der Waals surface area contributed by atoms with E-state index in [0.29, 0.717) is 21.8 Å². The topological polar surface area (TPSA) is 63.6 Å². The molecule has 0 atom stereocenters. The zero-order valence-electron chi connectivity index (χ0n) is 17.6. The molecule has 0 radical (unpaired) electrons. The Hall–Kier alpha value is -3.25. The standard InChI is InChI=1S/C23H24ClN3O3/c1-14-12-19(15(2)27(14)17-7-9-18(30-5)10-8-17)22(28)25-16-6-11-21(24)20(13-16)23(29)26(3)4/h6-13H,1-5H3,(H,25,28). The van der Waals surface area contributed by atoms with Gasteiger partial charge in [0.2, 0.25) is 0 Å². The highest BCUT2D eigenvalue weighted by atomic mass is 35.5. The molecule has 7 heteroatoms. The number of methoxy groups -OCH3 is 1. The maximum absolute atomic E-state index is 13.0. The predicted molar refractivity (Wildman–Crippen MR) is 119 cm³/mol. The van der Waals surface area contributed by atoms with E-state index in [0.717, 1.165) is 22.8 Å². The van der Waals surface area contributed by atoms with Crippen LogP contribution in [0.15, 0.2) is 48.5 Å². The van der Waals surface area contributed by atoms with E-state index in [-0.39, 0.29) is 11.8 Å². The van der Waals surface area contributed by atoms with Gasteiger partial charge in [-0.05, 0) is 62.4 Å². The van der Waals surface area contributed by atoms with E-state index >= 15 is 0 Å². The fourth-order valence-electron chi connectivity index (χ4n) is 3.33. The number of hydrogen-bond donors (Lipinski definition) is 1. The lowest BCUT2D eigenvalue weighted by atomic mass is 10.1. The second-order valence-electron chi connectivity index (χ2n) is 7.17. The van der Waals surface area contributed by atoms with Gasteiger partial charge in [-0.25, -0.2) is 0 Å². The van der Waals surface area contributed by atoms with Crippen LogP contribution in [0.4, 0.5) is 5.69 Å². The molecule has 3 aromatic rings. The molecule has 0 spiro atoms. The van der Waals surface area contributed by atoms with Crippen molar-refractivity contribution in [2.45, 2.75) is 13.8 Å². The number of halogens is 1. The summed E-state index contributed by atoms with van der Waals surface area (Å²) in [6, 6.07) is 14.4. The van der Waals surface area contributed by atoms with Crippen molar-refractivity contribution in [3.05, 3.63) is 76.1 Å². The van der Waals surface area contributed by atoms with E-state index in [1.807, 2.05) is 48.7 Å². The van der Waals surface area contributed by atoms with Crippen LogP contribution in [-0.2, 0) is 0 Å². The molecule has 0 aliphatic rings. The molecule has 0 fully saturated rings. The molecule has 1 aromatic heterocycles. The van der Waals surface area contributed by atoms with Gasteiger partial charge in [0, 0.05) is 36.9 Å². The van der Waals surface area contributed by atoms with Gasteiger partial charge in [-0.1, -0.05) is 11.6 Å². The van der Waals surface area contributed by atoms with E-state index in [1.165, 1.54) is 4.90 Å². The van der Waals surface area contributed by atoms with Crippen LogP contribution in [0.3, 0.4) is 0 Å². The van der Waals surface area contributed by atoms with Crippen LogP contribution < -0.4 is 10.1 Å². The van der Waals surface area contributed by atoms with Crippen LogP contribution in [0.1, 0.15) is 32.1 Å². The molecule has 0 aliphatic heterocycles. The summed E-state index contributed by atoms with van der Waals surface area (Å²) in [5.41, 5.74) is 4.08. The number of anilines is 1. The van der Waals surface area contributed by atoms with Crippen molar-refractivity contribution in [1.82, 2.24) is 9.47 Å². The first-order valence-corrected chi connectivity index (χ1v) is 9.76. The zero-order chi connectivity index (χ0) is 22.0. The van der Waals surface area contributed by atoms with Crippen molar-refractivity contribution >= 4 is 29.1 Å². The largest absolute Gasteiger partial charge is 0.497 e. The highest BCUT2D eigenvalue weighted by molar-refractivity contribution is 6.34. The number of amides is 2. The average molecular weight is 426 g/mol. The van der Waals surface area contributed by atoms with Crippen LogP contribution in [-0.4, -0.2) is 42.5 Å². The lowest BCUT2D eigenvalue weighted by molar-refractivity contribution is 0.0827. The molecule has 2 aromatic carbocycles. The summed E-state index contributed by atoms with van der Waals surface area (Å²) in [4.78, 5) is 26.7. The van der Waals surface area contributed by atoms with E-state index in [4.69, 9.17) is 16.3 Å². The zero-order valence-corrected chi connectivity index (χ0v) is 18.4. The second-order valence-corrected chi connectivity index (χ2v) is 7.57. The Bertz CT molecular complexity index is 1100. The second kappa shape index (κ2) is 8.63. The van der Waals surface area contributed by atoms with E-state index in [1.54, 1.807) is 39.4 Å². The third-order valence-electron chi connectivity index (χ3n) is 4.87. The fraction of sp³-hybridized carbons (Fsp3) is 0.217. The number of rotatable bonds is 5. The third kappa shape index (κ3) is 4.19. The average Bonchev–Trinajstić information content (AvgIpc) is 3.03. The Morgan fingerprint density at radius 3 is 2.27 bits per heavy atom. The van der Waals surface area contributed by atoms with Gasteiger partial charge in [0.1, 0.15) is 5.75 Å². The highest BCUT2D eigenvalue weighted by Gasteiger charge is 2.18. The van der Waals surface area contributed by atoms with E-state index in [2.05, 4.69) is 5.32 Å². The molecule has 1 N–H and O–H groups in total. The van der Waals surface area contributed by atoms with Crippen LogP contribution in [0.5, 0.6) is 5.75 Å². The van der Waals surface area contributed by atoms with Crippen molar-refractivity contribution in [2.24, 2.45) is 0 Å². The number of hydrogen-bond acceptors (Lipinski definition) is 3. The van der Waals surface area contributed by atoms with E-state index < -0.39 is 0 Å². The van der Waals surface area contributed by atoms with Crippen molar-refractivity contribution in [1.29, 1.82) is 0 Å². The molecule has 0 unspecified atom stereocenters. The molecule has 0 aliphatic carbocycles. The summed E-state index contributed by atoms with van der Waals surface area (Å²) in [6.07, 6.45) is 0. The Kier molecular flexibility index (Phi) is 6.17. The lowest BCUT2D eigenvalue weighted by Crippen LogP contribution is -2.22. The summed E-state index contributed by atoms with van der Waals surface area (Å²) in [7, 11) is 4.92. The van der Waals surface area contributed by atoms with Gasteiger partial charge in [0.25, 0.3) is 11.8 Å². The van der Waals surface area contributed by atoms with Gasteiger partial charge in [0.15, 0.2) is 0 Å². The number of carbonyl (C=O) groups excluding carboxylic acids is 2. The lowest BCUT2D eigenvalue weighted by Gasteiger charge is -2.13. The van der Waals surface area contributed by atoms with Gasteiger partial charge < -0.3 is 19.5 Å². The minimum absolute atomic E-state index is 0.228. The molecular weight excluding hydrogens is 402 g/mol. The van der Waals surface area contributed by atoms with Crippen molar-refractivity contribution in [3.8, 4) is 11.4 Å². The number of nitrogens with one attached hydrogen (secondary N) is 1. The van der Waals surface area contributed by atoms with Gasteiger partial charge in [-0.2, -0.15) is 0 Å². The molecule has 0 saturated heterocycles. The summed E-state index contributed by atoms with van der Waals surface area (Å²) in [6.45, 7) is 3.85. The summed E-state index contributed by atoms with van der Waals surface area (Å²) < 4.78 is 7.23. The predicted octanol–water partition coefficient (Wildman–Crippen LogP) is 4.71. The summed E-state index contributed by atoms with van der Waals surface area (Å²) in [5.74, 6) is 0.284. The normalized spacial score (nSPS) is 10.6. The molecule has 156 valence electrons. The third-order valence-corrected chi connectivity index (χ3v) is 5.20. The first-order valence-electron chi connectivity index (χ1n) is 9.39. The van der Waals surface area contributed by atoms with Gasteiger partial charge in [0.05, 0.1) is 23.3 Å². The number of carbonyl (C=O) groups is 2. The summed E-state index contributed by atoms with van der Waals surface area (Å²) >= 11 is 6.16. The number of ether oxygens (including phenoxy) is 1. The smallest absolute Gasteiger partial charge is 0.257 e. The first kappa shape index (κ1) is 21.5. The Morgan fingerprint density at radius 2 is 1.67 bits per heavy atom. The molecule has 3 rings (SSSR count). The van der Waals surface area contributed by atoms with Crippen LogP contribution in [0.25, 0.3) is 5.69 Å². The maximum atomic E-state index is 13.0. The fourth-order valence-corrected chi connectivity index (χ4v) is 3.53. The molecule has 0 saturated carbocycles.